The molecule has 1 fully saturated rings. The molecule has 3 rings (SSSR count). The summed E-state index contributed by atoms with van der Waals surface area (Å²) in [6.07, 6.45) is 8.72. The van der Waals surface area contributed by atoms with Crippen LogP contribution < -0.4 is 0 Å². The number of hydrogen-bond donors (Lipinski definition) is 0. The van der Waals surface area contributed by atoms with Crippen LogP contribution in [0.5, 0.6) is 0 Å². The average molecular weight is 422 g/mol. The largest absolute Gasteiger partial charge is 0.297 e. The molecule has 1 heterocycles. The lowest BCUT2D eigenvalue weighted by molar-refractivity contribution is 0.130. The Kier molecular flexibility index (Phi) is 6.18. The molecule has 0 aliphatic heterocycles. The number of rotatable bonds is 5. The molecule has 0 saturated heterocycles. The summed E-state index contributed by atoms with van der Waals surface area (Å²) in [5.41, 5.74) is 0.739. The van der Waals surface area contributed by atoms with E-state index >= 15 is 0 Å². The number of tetrazole rings is 1. The Morgan fingerprint density at radius 1 is 1.18 bits per heavy atom. The summed E-state index contributed by atoms with van der Waals surface area (Å²) in [4.78, 5) is 2.28. The fraction of sp³-hybridized carbons (Fsp3) is 0.571. The van der Waals surface area contributed by atoms with Gasteiger partial charge in [0.1, 0.15) is 0 Å². The van der Waals surface area contributed by atoms with Gasteiger partial charge >= 0.3 is 0 Å². The first-order chi connectivity index (χ1) is 13.1. The van der Waals surface area contributed by atoms with Gasteiger partial charge in [0.2, 0.25) is 0 Å². The van der Waals surface area contributed by atoms with Gasteiger partial charge < -0.3 is 0 Å². The molecule has 0 radical (unpaired) electrons. The maximum Gasteiger partial charge on any atom is 0.172 e. The Hall–Kier alpha value is -1.43. The monoisotopic (exact) mass is 421 g/mol. The lowest BCUT2D eigenvalue weighted by Crippen LogP contribution is -2.42. The molecule has 0 N–H and O–H groups in total. The van der Waals surface area contributed by atoms with Crippen molar-refractivity contribution in [2.24, 2.45) is 5.41 Å². The maximum absolute atomic E-state index is 6.36. The quantitative estimate of drug-likeness (QED) is 0.628. The van der Waals surface area contributed by atoms with E-state index in [0.29, 0.717) is 10.0 Å². The average Bonchev–Trinajstić information content (AvgIpc) is 3.25. The van der Waals surface area contributed by atoms with Gasteiger partial charge in [0.25, 0.3) is 0 Å². The van der Waals surface area contributed by atoms with Crippen LogP contribution in [-0.2, 0) is 5.54 Å². The van der Waals surface area contributed by atoms with Crippen molar-refractivity contribution >= 4 is 29.3 Å². The van der Waals surface area contributed by atoms with Gasteiger partial charge in [0, 0.05) is 10.0 Å². The first-order valence-electron chi connectivity index (χ1n) is 9.74. The van der Waals surface area contributed by atoms with Crippen molar-refractivity contribution in [3.05, 3.63) is 45.7 Å². The summed E-state index contributed by atoms with van der Waals surface area (Å²) in [5.74, 6) is 0.946. The smallest absolute Gasteiger partial charge is 0.172 e. The van der Waals surface area contributed by atoms with Gasteiger partial charge in [-0.15, -0.1) is 5.10 Å². The minimum Gasteiger partial charge on any atom is -0.297 e. The molecule has 1 aromatic carbocycles. The molecular weight excluding hydrogens is 393 g/mol. The molecule has 1 atom stereocenters. The summed E-state index contributed by atoms with van der Waals surface area (Å²) in [5, 5.41) is 14.3. The molecule has 0 amide bonds. The maximum atomic E-state index is 6.36. The van der Waals surface area contributed by atoms with Gasteiger partial charge in [-0.3, -0.25) is 4.90 Å². The molecule has 2 aromatic rings. The van der Waals surface area contributed by atoms with E-state index in [-0.39, 0.29) is 17.0 Å². The highest BCUT2D eigenvalue weighted by molar-refractivity contribution is 6.35. The lowest BCUT2D eigenvalue weighted by atomic mass is 9.85. The summed E-state index contributed by atoms with van der Waals surface area (Å²) < 4.78 is 2.01. The number of benzene rings is 1. The molecule has 0 bridgehead atoms. The highest BCUT2D eigenvalue weighted by Gasteiger charge is 2.44. The molecule has 0 spiro atoms. The first kappa shape index (κ1) is 21.3. The molecule has 1 aromatic heterocycles. The normalized spacial score (nSPS) is 18.3. The third kappa shape index (κ3) is 4.12. The molecule has 1 aliphatic rings. The van der Waals surface area contributed by atoms with Crippen LogP contribution >= 0.6 is 23.2 Å². The zero-order valence-electron chi connectivity index (χ0n) is 17.3. The van der Waals surface area contributed by atoms with Gasteiger partial charge in [0.05, 0.1) is 11.6 Å². The van der Waals surface area contributed by atoms with E-state index in [1.165, 1.54) is 12.8 Å². The highest BCUT2D eigenvalue weighted by atomic mass is 35.5. The summed E-state index contributed by atoms with van der Waals surface area (Å²) in [6, 6.07) is 5.53. The minimum atomic E-state index is -0.112. The standard InChI is InChI=1S/C21H29Cl2N5/c1-20(2,3)18(11-9-15-8-10-16(22)14-17(15)23)28-19(24-25-26-28)21(27(4)5)12-6-7-13-21/h8-11,14,18H,6-7,12-13H2,1-5H3/b11-9-/t18-/m0/s1. The molecule has 1 saturated carbocycles. The van der Waals surface area contributed by atoms with E-state index in [4.69, 9.17) is 23.2 Å². The third-order valence-electron chi connectivity index (χ3n) is 5.77. The van der Waals surface area contributed by atoms with Crippen LogP contribution in [0.4, 0.5) is 0 Å². The van der Waals surface area contributed by atoms with Crippen LogP contribution in [-0.4, -0.2) is 39.2 Å². The first-order valence-corrected chi connectivity index (χ1v) is 10.5. The van der Waals surface area contributed by atoms with Crippen LogP contribution in [0.2, 0.25) is 10.0 Å². The van der Waals surface area contributed by atoms with Crippen molar-refractivity contribution in [1.29, 1.82) is 0 Å². The van der Waals surface area contributed by atoms with Gasteiger partial charge in [-0.05, 0) is 60.5 Å². The van der Waals surface area contributed by atoms with Crippen molar-refractivity contribution in [1.82, 2.24) is 25.1 Å². The second kappa shape index (κ2) is 8.13. The molecular formula is C21H29Cl2N5. The van der Waals surface area contributed by atoms with Crippen LogP contribution in [0.15, 0.2) is 24.3 Å². The van der Waals surface area contributed by atoms with E-state index in [1.807, 2.05) is 22.9 Å². The predicted molar refractivity (Wildman–Crippen MR) is 116 cm³/mol. The Morgan fingerprint density at radius 3 is 2.43 bits per heavy atom. The minimum absolute atomic E-state index is 0.0123. The van der Waals surface area contributed by atoms with Crippen molar-refractivity contribution in [3.8, 4) is 0 Å². The van der Waals surface area contributed by atoms with E-state index in [0.717, 1.165) is 24.2 Å². The zero-order chi connectivity index (χ0) is 20.5. The van der Waals surface area contributed by atoms with Crippen LogP contribution in [0, 0.1) is 5.41 Å². The summed E-state index contributed by atoms with van der Waals surface area (Å²) in [6.45, 7) is 6.61. The second-order valence-electron chi connectivity index (χ2n) is 8.92. The molecule has 5 nitrogen and oxygen atoms in total. The Bertz CT molecular complexity index is 845. The second-order valence-corrected chi connectivity index (χ2v) is 9.76. The molecule has 1 aliphatic carbocycles. The molecule has 0 unspecified atom stereocenters. The lowest BCUT2D eigenvalue weighted by Gasteiger charge is -2.37. The number of hydrogen-bond acceptors (Lipinski definition) is 4. The zero-order valence-corrected chi connectivity index (χ0v) is 18.8. The fourth-order valence-electron chi connectivity index (χ4n) is 4.09. The van der Waals surface area contributed by atoms with Gasteiger partial charge in [-0.2, -0.15) is 0 Å². The van der Waals surface area contributed by atoms with Crippen molar-refractivity contribution < 1.29 is 0 Å². The number of nitrogens with zero attached hydrogens (tertiary/aromatic N) is 5. The molecule has 152 valence electrons. The molecule has 28 heavy (non-hydrogen) atoms. The SMILES string of the molecule is CN(C)C1(c2nnnn2[C@@H](/C=C\c2ccc(Cl)cc2Cl)C(C)(C)C)CCCC1. The Labute approximate surface area is 177 Å². The van der Waals surface area contributed by atoms with Gasteiger partial charge in [-0.25, -0.2) is 4.68 Å². The fourth-order valence-corrected chi connectivity index (χ4v) is 4.56. The van der Waals surface area contributed by atoms with E-state index < -0.39 is 0 Å². The van der Waals surface area contributed by atoms with Crippen molar-refractivity contribution in [2.75, 3.05) is 14.1 Å². The highest BCUT2D eigenvalue weighted by Crippen LogP contribution is 2.43. The summed E-state index contributed by atoms with van der Waals surface area (Å²) in [7, 11) is 4.25. The van der Waals surface area contributed by atoms with Crippen molar-refractivity contribution in [3.63, 3.8) is 0 Å². The predicted octanol–water partition coefficient (Wildman–Crippen LogP) is 5.61. The van der Waals surface area contributed by atoms with Gasteiger partial charge in [0.15, 0.2) is 5.82 Å². The molecule has 7 heteroatoms. The van der Waals surface area contributed by atoms with E-state index in [2.05, 4.69) is 61.4 Å². The van der Waals surface area contributed by atoms with E-state index in [9.17, 15) is 0 Å². The number of halogens is 2. The van der Waals surface area contributed by atoms with Crippen molar-refractivity contribution in [2.45, 2.75) is 58.0 Å². The van der Waals surface area contributed by atoms with Crippen LogP contribution in [0.3, 0.4) is 0 Å². The topological polar surface area (TPSA) is 46.8 Å². The number of aromatic nitrogens is 4. The van der Waals surface area contributed by atoms with E-state index in [1.54, 1.807) is 6.07 Å². The summed E-state index contributed by atoms with van der Waals surface area (Å²) >= 11 is 12.4. The number of allylic oxidation sites excluding steroid dienone is 1. The third-order valence-corrected chi connectivity index (χ3v) is 6.33. The van der Waals surface area contributed by atoms with Gasteiger partial charge in [-0.1, -0.05) is 75.0 Å². The Balaban J connectivity index is 2.03. The Morgan fingerprint density at radius 2 is 1.86 bits per heavy atom. The van der Waals surface area contributed by atoms with Crippen LogP contribution in [0.1, 0.15) is 63.9 Å². The van der Waals surface area contributed by atoms with Crippen LogP contribution in [0.25, 0.3) is 6.08 Å².